The molecule has 1 aromatic carbocycles. The highest BCUT2D eigenvalue weighted by atomic mass is 79.9. The van der Waals surface area contributed by atoms with E-state index in [1.165, 1.54) is 6.07 Å². The Hall–Kier alpha value is -0.870. The maximum atomic E-state index is 13.2. The van der Waals surface area contributed by atoms with Crippen molar-refractivity contribution in [3.8, 4) is 5.75 Å². The zero-order valence-corrected chi connectivity index (χ0v) is 9.89. The summed E-state index contributed by atoms with van der Waals surface area (Å²) in [7, 11) is 0. The normalized spacial score (nSPS) is 10.0. The van der Waals surface area contributed by atoms with E-state index in [0.29, 0.717) is 13.2 Å². The maximum Gasteiger partial charge on any atom is 0.165 e. The van der Waals surface area contributed by atoms with Gasteiger partial charge in [-0.3, -0.25) is 0 Å². The standard InChI is InChI=1S/C11H13BrFNO/c1-2-5-14-6-7-15-11-8-9(12)3-4-10(11)13/h2-4,8,14H,1,5-7H2. The van der Waals surface area contributed by atoms with Crippen LogP contribution >= 0.6 is 15.9 Å². The molecule has 0 atom stereocenters. The van der Waals surface area contributed by atoms with Gasteiger partial charge in [-0.2, -0.15) is 0 Å². The van der Waals surface area contributed by atoms with Gasteiger partial charge >= 0.3 is 0 Å². The Morgan fingerprint density at radius 3 is 3.07 bits per heavy atom. The molecule has 0 saturated heterocycles. The number of hydrogen-bond acceptors (Lipinski definition) is 2. The Balaban J connectivity index is 2.36. The number of rotatable bonds is 6. The first-order valence-corrected chi connectivity index (χ1v) is 5.43. The summed E-state index contributed by atoms with van der Waals surface area (Å²) in [4.78, 5) is 0. The van der Waals surface area contributed by atoms with E-state index in [0.717, 1.165) is 11.0 Å². The second kappa shape index (κ2) is 6.58. The lowest BCUT2D eigenvalue weighted by Gasteiger charge is -2.07. The Kier molecular flexibility index (Phi) is 5.36. The lowest BCUT2D eigenvalue weighted by atomic mass is 10.3. The summed E-state index contributed by atoms with van der Waals surface area (Å²) < 4.78 is 19.2. The minimum absolute atomic E-state index is 0.268. The van der Waals surface area contributed by atoms with Crippen molar-refractivity contribution in [2.45, 2.75) is 0 Å². The second-order valence-corrected chi connectivity index (χ2v) is 3.83. The fourth-order valence-electron chi connectivity index (χ4n) is 1.03. The summed E-state index contributed by atoms with van der Waals surface area (Å²) in [6.45, 7) is 5.40. The molecule has 4 heteroatoms. The van der Waals surface area contributed by atoms with E-state index in [1.54, 1.807) is 18.2 Å². The molecule has 0 aliphatic rings. The van der Waals surface area contributed by atoms with Crippen molar-refractivity contribution in [3.05, 3.63) is 41.1 Å². The molecule has 0 aliphatic heterocycles. The third-order valence-electron chi connectivity index (χ3n) is 1.72. The third-order valence-corrected chi connectivity index (χ3v) is 2.21. The van der Waals surface area contributed by atoms with Gasteiger partial charge in [0.15, 0.2) is 11.6 Å². The predicted molar refractivity (Wildman–Crippen MR) is 62.7 cm³/mol. The van der Waals surface area contributed by atoms with Gasteiger partial charge in [-0.15, -0.1) is 6.58 Å². The molecule has 2 nitrogen and oxygen atoms in total. The van der Waals surface area contributed by atoms with Gasteiger partial charge in [0.2, 0.25) is 0 Å². The molecule has 15 heavy (non-hydrogen) atoms. The van der Waals surface area contributed by atoms with Gasteiger partial charge in [0.05, 0.1) is 0 Å². The highest BCUT2D eigenvalue weighted by Gasteiger charge is 2.02. The van der Waals surface area contributed by atoms with Crippen LogP contribution in [0.3, 0.4) is 0 Å². The fraction of sp³-hybridized carbons (Fsp3) is 0.273. The van der Waals surface area contributed by atoms with Crippen LogP contribution in [0.2, 0.25) is 0 Å². The largest absolute Gasteiger partial charge is 0.489 e. The smallest absolute Gasteiger partial charge is 0.165 e. The van der Waals surface area contributed by atoms with E-state index in [2.05, 4.69) is 27.8 Å². The number of hydrogen-bond donors (Lipinski definition) is 1. The van der Waals surface area contributed by atoms with Crippen LogP contribution in [0.4, 0.5) is 4.39 Å². The van der Waals surface area contributed by atoms with Crippen LogP contribution in [0.1, 0.15) is 0 Å². The molecular formula is C11H13BrFNO. The van der Waals surface area contributed by atoms with Crippen molar-refractivity contribution in [2.24, 2.45) is 0 Å². The summed E-state index contributed by atoms with van der Waals surface area (Å²) >= 11 is 3.25. The molecule has 0 aromatic heterocycles. The van der Waals surface area contributed by atoms with Crippen molar-refractivity contribution >= 4 is 15.9 Å². The molecule has 0 unspecified atom stereocenters. The van der Waals surface area contributed by atoms with Crippen LogP contribution in [-0.2, 0) is 0 Å². The van der Waals surface area contributed by atoms with E-state index in [4.69, 9.17) is 4.74 Å². The minimum Gasteiger partial charge on any atom is -0.489 e. The highest BCUT2D eigenvalue weighted by molar-refractivity contribution is 9.10. The van der Waals surface area contributed by atoms with Crippen LogP contribution in [0.25, 0.3) is 0 Å². The summed E-state index contributed by atoms with van der Waals surface area (Å²) in [5.41, 5.74) is 0. The maximum absolute atomic E-state index is 13.2. The van der Waals surface area contributed by atoms with E-state index in [1.807, 2.05) is 0 Å². The van der Waals surface area contributed by atoms with Gasteiger partial charge < -0.3 is 10.1 Å². The van der Waals surface area contributed by atoms with Crippen molar-refractivity contribution in [1.29, 1.82) is 0 Å². The lowest BCUT2D eigenvalue weighted by molar-refractivity contribution is 0.300. The van der Waals surface area contributed by atoms with Gasteiger partial charge in [0.1, 0.15) is 6.61 Å². The number of benzene rings is 1. The summed E-state index contributed by atoms with van der Waals surface area (Å²) in [5.74, 6) is -0.0771. The van der Waals surface area contributed by atoms with Gasteiger partial charge in [-0.25, -0.2) is 4.39 Å². The minimum atomic E-state index is -0.345. The predicted octanol–water partition coefficient (Wildman–Crippen LogP) is 2.74. The number of ether oxygens (including phenoxy) is 1. The molecule has 1 rings (SSSR count). The second-order valence-electron chi connectivity index (χ2n) is 2.92. The van der Waals surface area contributed by atoms with Crippen molar-refractivity contribution in [1.82, 2.24) is 5.32 Å². The first kappa shape index (κ1) is 12.2. The molecule has 1 aromatic rings. The van der Waals surface area contributed by atoms with Gasteiger partial charge in [-0.1, -0.05) is 22.0 Å². The number of halogens is 2. The van der Waals surface area contributed by atoms with Crippen molar-refractivity contribution in [3.63, 3.8) is 0 Å². The Morgan fingerprint density at radius 1 is 1.53 bits per heavy atom. The first-order chi connectivity index (χ1) is 7.24. The lowest BCUT2D eigenvalue weighted by Crippen LogP contribution is -2.21. The molecule has 0 heterocycles. The van der Waals surface area contributed by atoms with E-state index in [-0.39, 0.29) is 11.6 Å². The first-order valence-electron chi connectivity index (χ1n) is 4.63. The summed E-state index contributed by atoms with van der Waals surface area (Å²) in [6, 6.07) is 4.62. The van der Waals surface area contributed by atoms with Crippen LogP contribution in [0.15, 0.2) is 35.3 Å². The molecule has 0 radical (unpaired) electrons. The van der Waals surface area contributed by atoms with Crippen LogP contribution < -0.4 is 10.1 Å². The molecular weight excluding hydrogens is 261 g/mol. The van der Waals surface area contributed by atoms with Crippen LogP contribution in [-0.4, -0.2) is 19.7 Å². The summed E-state index contributed by atoms with van der Waals surface area (Å²) in [6.07, 6.45) is 1.76. The van der Waals surface area contributed by atoms with Gasteiger partial charge in [0.25, 0.3) is 0 Å². The SMILES string of the molecule is C=CCNCCOc1cc(Br)ccc1F. The Morgan fingerprint density at radius 2 is 2.33 bits per heavy atom. The quantitative estimate of drug-likeness (QED) is 0.636. The third kappa shape index (κ3) is 4.44. The monoisotopic (exact) mass is 273 g/mol. The van der Waals surface area contributed by atoms with E-state index >= 15 is 0 Å². The van der Waals surface area contributed by atoms with Crippen molar-refractivity contribution < 1.29 is 9.13 Å². The zero-order valence-electron chi connectivity index (χ0n) is 8.30. The van der Waals surface area contributed by atoms with Crippen molar-refractivity contribution in [2.75, 3.05) is 19.7 Å². The van der Waals surface area contributed by atoms with Crippen LogP contribution in [0.5, 0.6) is 5.75 Å². The Labute approximate surface area is 97.3 Å². The molecule has 1 N–H and O–H groups in total. The number of nitrogens with one attached hydrogen (secondary N) is 1. The molecule has 0 bridgehead atoms. The molecule has 0 spiro atoms. The van der Waals surface area contributed by atoms with E-state index < -0.39 is 0 Å². The topological polar surface area (TPSA) is 21.3 Å². The van der Waals surface area contributed by atoms with Crippen LogP contribution in [0, 0.1) is 5.82 Å². The van der Waals surface area contributed by atoms with Gasteiger partial charge in [0, 0.05) is 17.6 Å². The Bertz CT molecular complexity index is 330. The molecule has 0 saturated carbocycles. The van der Waals surface area contributed by atoms with Gasteiger partial charge in [-0.05, 0) is 18.2 Å². The fourth-order valence-corrected chi connectivity index (χ4v) is 1.37. The molecule has 0 amide bonds. The average molecular weight is 274 g/mol. The molecule has 82 valence electrons. The highest BCUT2D eigenvalue weighted by Crippen LogP contribution is 2.21. The van der Waals surface area contributed by atoms with E-state index in [9.17, 15) is 4.39 Å². The molecule has 0 aliphatic carbocycles. The summed E-state index contributed by atoms with van der Waals surface area (Å²) in [5, 5.41) is 3.06. The zero-order chi connectivity index (χ0) is 11.1. The molecule has 0 fully saturated rings. The average Bonchev–Trinajstić information content (AvgIpc) is 2.23.